The topological polar surface area (TPSA) is 18.0 Å². The molecule has 4 atom stereocenters. The van der Waals surface area contributed by atoms with Crippen molar-refractivity contribution in [1.29, 1.82) is 0 Å². The maximum absolute atomic E-state index is 3.44. The molecule has 0 saturated carbocycles. The minimum absolute atomic E-state index is 0.335. The molecule has 0 spiro atoms. The Morgan fingerprint density at radius 2 is 1.35 bits per heavy atom. The molecule has 0 amide bonds. The van der Waals surface area contributed by atoms with Crippen LogP contribution in [0, 0.1) is 0 Å². The van der Waals surface area contributed by atoms with Crippen LogP contribution in [0.25, 0.3) is 0 Å². The van der Waals surface area contributed by atoms with Crippen molar-refractivity contribution >= 4 is 0 Å². The third-order valence-electron chi connectivity index (χ3n) is 3.41. The molecule has 0 radical (unpaired) electrons. The molecule has 84 valence electrons. The summed E-state index contributed by atoms with van der Waals surface area (Å²) < 4.78 is 0. The van der Waals surface area contributed by atoms with Crippen molar-refractivity contribution in [2.75, 3.05) is 0 Å². The summed E-state index contributed by atoms with van der Waals surface area (Å²) in [5.74, 6) is 0. The molecule has 2 aliphatic heterocycles. The first kappa shape index (κ1) is 9.36. The third-order valence-corrected chi connectivity index (χ3v) is 3.41. The zero-order chi connectivity index (χ0) is 11.2. The number of nitrogens with zero attached hydrogens (tertiary/aromatic N) is 2. The standard InChI is InChI=1S/C14H13N3/c1-3-7-11(8-4-1)13-15-17-14(16(13)17)12-9-5-2-6-10-12/h1-10,13-15H. The van der Waals surface area contributed by atoms with Gasteiger partial charge in [-0.1, -0.05) is 60.7 Å². The predicted molar refractivity (Wildman–Crippen MR) is 65.2 cm³/mol. The van der Waals surface area contributed by atoms with Crippen molar-refractivity contribution in [3.05, 3.63) is 71.8 Å². The van der Waals surface area contributed by atoms with E-state index in [1.807, 2.05) is 0 Å². The molecular weight excluding hydrogens is 210 g/mol. The lowest BCUT2D eigenvalue weighted by Crippen LogP contribution is -2.44. The first-order chi connectivity index (χ1) is 8.45. The van der Waals surface area contributed by atoms with Crippen molar-refractivity contribution in [3.63, 3.8) is 0 Å². The lowest BCUT2D eigenvalue weighted by molar-refractivity contribution is 0.0102. The smallest absolute Gasteiger partial charge is 0.134 e. The molecule has 3 heteroatoms. The Morgan fingerprint density at radius 3 is 2.00 bits per heavy atom. The third kappa shape index (κ3) is 1.34. The highest BCUT2D eigenvalue weighted by Crippen LogP contribution is 2.52. The van der Waals surface area contributed by atoms with Gasteiger partial charge in [-0.05, 0) is 11.1 Å². The summed E-state index contributed by atoms with van der Waals surface area (Å²) in [6.45, 7) is 0. The van der Waals surface area contributed by atoms with Gasteiger partial charge in [0.25, 0.3) is 0 Å². The summed E-state index contributed by atoms with van der Waals surface area (Å²) in [6, 6.07) is 21.1. The van der Waals surface area contributed by atoms with E-state index >= 15 is 0 Å². The number of benzene rings is 2. The fourth-order valence-electron chi connectivity index (χ4n) is 2.50. The van der Waals surface area contributed by atoms with Gasteiger partial charge in [-0.2, -0.15) is 5.01 Å². The highest BCUT2D eigenvalue weighted by molar-refractivity contribution is 5.28. The first-order valence-corrected chi connectivity index (χ1v) is 5.89. The van der Waals surface area contributed by atoms with Gasteiger partial charge in [0.2, 0.25) is 0 Å². The largest absolute Gasteiger partial charge is 0.216 e. The van der Waals surface area contributed by atoms with E-state index in [0.29, 0.717) is 12.3 Å². The fourth-order valence-corrected chi connectivity index (χ4v) is 2.50. The zero-order valence-corrected chi connectivity index (χ0v) is 9.32. The summed E-state index contributed by atoms with van der Waals surface area (Å²) in [4.78, 5) is 0. The normalized spacial score (nSPS) is 33.6. The van der Waals surface area contributed by atoms with Crippen LogP contribution in [0.1, 0.15) is 23.5 Å². The van der Waals surface area contributed by atoms with Gasteiger partial charge >= 0.3 is 0 Å². The second-order valence-electron chi connectivity index (χ2n) is 4.45. The molecule has 2 saturated heterocycles. The van der Waals surface area contributed by atoms with Crippen molar-refractivity contribution in [2.45, 2.75) is 12.3 Å². The van der Waals surface area contributed by atoms with Crippen molar-refractivity contribution < 1.29 is 0 Å². The summed E-state index contributed by atoms with van der Waals surface area (Å²) in [6.07, 6.45) is 0.739. The van der Waals surface area contributed by atoms with E-state index in [9.17, 15) is 0 Å². The van der Waals surface area contributed by atoms with Crippen molar-refractivity contribution in [2.24, 2.45) is 0 Å². The highest BCUT2D eigenvalue weighted by atomic mass is 16.1. The van der Waals surface area contributed by atoms with Gasteiger partial charge in [0.1, 0.15) is 12.3 Å². The van der Waals surface area contributed by atoms with Gasteiger partial charge in [0, 0.05) is 0 Å². The fraction of sp³-hybridized carbons (Fsp3) is 0.143. The van der Waals surface area contributed by atoms with Crippen LogP contribution in [0.15, 0.2) is 60.7 Å². The van der Waals surface area contributed by atoms with Crippen LogP contribution in [-0.4, -0.2) is 10.1 Å². The summed E-state index contributed by atoms with van der Waals surface area (Å²) in [5, 5.41) is 4.53. The number of hydrazine groups is 2. The zero-order valence-electron chi connectivity index (χ0n) is 9.32. The molecule has 2 heterocycles. The van der Waals surface area contributed by atoms with E-state index in [-0.39, 0.29) is 0 Å². The molecule has 4 rings (SSSR count). The molecule has 1 N–H and O–H groups in total. The van der Waals surface area contributed by atoms with E-state index in [1.54, 1.807) is 0 Å². The summed E-state index contributed by atoms with van der Waals surface area (Å²) in [5.41, 5.74) is 6.11. The molecule has 17 heavy (non-hydrogen) atoms. The van der Waals surface area contributed by atoms with Crippen LogP contribution in [0.2, 0.25) is 0 Å². The molecule has 2 aromatic carbocycles. The van der Waals surface area contributed by atoms with Gasteiger partial charge in [-0.15, -0.1) is 5.12 Å². The van der Waals surface area contributed by atoms with Gasteiger partial charge in [-0.3, -0.25) is 0 Å². The van der Waals surface area contributed by atoms with E-state index in [4.69, 9.17) is 0 Å². The second kappa shape index (κ2) is 3.40. The lowest BCUT2D eigenvalue weighted by atomic mass is 10.1. The molecule has 2 aromatic rings. The number of hydrogen-bond acceptors (Lipinski definition) is 3. The molecule has 2 aliphatic rings. The number of fused-ring (bicyclic) bond motifs is 1. The Kier molecular flexibility index (Phi) is 1.87. The predicted octanol–water partition coefficient (Wildman–Crippen LogP) is 2.43. The quantitative estimate of drug-likeness (QED) is 0.789. The minimum Gasteiger partial charge on any atom is -0.216 e. The second-order valence-corrected chi connectivity index (χ2v) is 4.45. The first-order valence-electron chi connectivity index (χ1n) is 5.89. The minimum atomic E-state index is 0.335. The van der Waals surface area contributed by atoms with Gasteiger partial charge in [-0.25, -0.2) is 5.43 Å². The monoisotopic (exact) mass is 223 g/mol. The highest BCUT2D eigenvalue weighted by Gasteiger charge is 2.60. The Balaban J connectivity index is 1.57. The van der Waals surface area contributed by atoms with Crippen LogP contribution in [0.3, 0.4) is 0 Å². The number of nitrogens with one attached hydrogen (secondary N) is 1. The van der Waals surface area contributed by atoms with E-state index in [2.05, 4.69) is 76.2 Å². The van der Waals surface area contributed by atoms with Crippen LogP contribution >= 0.6 is 0 Å². The van der Waals surface area contributed by atoms with E-state index < -0.39 is 0 Å². The Morgan fingerprint density at radius 1 is 0.765 bits per heavy atom. The number of hydrogen-bond donors (Lipinski definition) is 1. The average Bonchev–Trinajstić information content (AvgIpc) is 2.96. The SMILES string of the molecule is c1ccc(C2NN3C(c4ccccc4)N23)cc1. The van der Waals surface area contributed by atoms with Crippen LogP contribution in [-0.2, 0) is 0 Å². The van der Waals surface area contributed by atoms with Crippen molar-refractivity contribution in [3.8, 4) is 0 Å². The van der Waals surface area contributed by atoms with Crippen molar-refractivity contribution in [1.82, 2.24) is 15.6 Å². The Hall–Kier alpha value is -1.68. The molecular formula is C14H13N3. The molecule has 2 fully saturated rings. The summed E-state index contributed by atoms with van der Waals surface area (Å²) in [7, 11) is 0. The summed E-state index contributed by atoms with van der Waals surface area (Å²) >= 11 is 0. The van der Waals surface area contributed by atoms with E-state index in [0.717, 1.165) is 0 Å². The van der Waals surface area contributed by atoms with Crippen LogP contribution in [0.5, 0.6) is 0 Å². The molecule has 4 unspecified atom stereocenters. The molecule has 0 aromatic heterocycles. The Labute approximate surface area is 100 Å². The lowest BCUT2D eigenvalue weighted by Gasteiger charge is -2.28. The Bertz CT molecular complexity index is 484. The maximum Gasteiger partial charge on any atom is 0.134 e. The number of rotatable bonds is 2. The van der Waals surface area contributed by atoms with Gasteiger partial charge < -0.3 is 0 Å². The van der Waals surface area contributed by atoms with E-state index in [1.165, 1.54) is 11.1 Å². The molecule has 3 nitrogen and oxygen atoms in total. The maximum atomic E-state index is 3.44. The van der Waals surface area contributed by atoms with Gasteiger partial charge in [0.15, 0.2) is 0 Å². The van der Waals surface area contributed by atoms with Gasteiger partial charge in [0.05, 0.1) is 0 Å². The average molecular weight is 223 g/mol. The molecule has 0 aliphatic carbocycles. The van der Waals surface area contributed by atoms with Crippen LogP contribution < -0.4 is 5.43 Å². The molecule has 0 bridgehead atoms. The van der Waals surface area contributed by atoms with Crippen LogP contribution in [0.4, 0.5) is 0 Å².